The van der Waals surface area contributed by atoms with Crippen molar-refractivity contribution in [3.05, 3.63) is 0 Å². The normalized spacial score (nSPS) is 31.7. The van der Waals surface area contributed by atoms with Crippen LogP contribution in [0.4, 0.5) is 0 Å². The van der Waals surface area contributed by atoms with Crippen molar-refractivity contribution in [2.24, 2.45) is 23.0 Å². The minimum absolute atomic E-state index is 0.0545. The molecule has 0 aliphatic heterocycles. The molecule has 3 nitrogen and oxygen atoms in total. The van der Waals surface area contributed by atoms with Gasteiger partial charge in [0.1, 0.15) is 0 Å². The van der Waals surface area contributed by atoms with Crippen molar-refractivity contribution in [1.29, 1.82) is 0 Å². The van der Waals surface area contributed by atoms with Gasteiger partial charge in [-0.05, 0) is 37.5 Å². The summed E-state index contributed by atoms with van der Waals surface area (Å²) in [6.45, 7) is 2.91. The monoisotopic (exact) mass is 254 g/mol. The molecule has 0 saturated heterocycles. The molecule has 0 aromatic heterocycles. The van der Waals surface area contributed by atoms with Crippen LogP contribution in [0.5, 0.6) is 0 Å². The Morgan fingerprint density at radius 2 is 2.12 bits per heavy atom. The second-order valence-corrected chi connectivity index (χ2v) is 6.24. The Morgan fingerprint density at radius 1 is 1.47 bits per heavy atom. The fraction of sp³-hybridized carbons (Fsp3) is 0.846. The summed E-state index contributed by atoms with van der Waals surface area (Å²) in [7, 11) is 0. The minimum Gasteiger partial charge on any atom is -0.392 e. The number of hydrogen-bond acceptors (Lipinski definition) is 2. The summed E-state index contributed by atoms with van der Waals surface area (Å²) in [6, 6.07) is 0. The zero-order chi connectivity index (χ0) is 12.5. The van der Waals surface area contributed by atoms with E-state index in [0.29, 0.717) is 10.9 Å². The molecule has 4 heteroatoms. The lowest BCUT2D eigenvalue weighted by Gasteiger charge is -2.44. The highest BCUT2D eigenvalue weighted by Crippen LogP contribution is 2.46. The molecule has 17 heavy (non-hydrogen) atoms. The molecule has 0 aromatic carbocycles. The van der Waals surface area contributed by atoms with E-state index < -0.39 is 5.41 Å². The average Bonchev–Trinajstić information content (AvgIpc) is 3.02. The van der Waals surface area contributed by atoms with Crippen molar-refractivity contribution in [2.75, 3.05) is 6.54 Å². The van der Waals surface area contributed by atoms with Gasteiger partial charge in [0.15, 0.2) is 0 Å². The highest BCUT2D eigenvalue weighted by molar-refractivity contribution is 7.80. The Kier molecular flexibility index (Phi) is 3.71. The van der Waals surface area contributed by atoms with Gasteiger partial charge in [0, 0.05) is 6.54 Å². The summed E-state index contributed by atoms with van der Waals surface area (Å²) in [5.41, 5.74) is 5.20. The van der Waals surface area contributed by atoms with Crippen molar-refractivity contribution in [1.82, 2.24) is 5.32 Å². The van der Waals surface area contributed by atoms with Crippen LogP contribution in [-0.4, -0.2) is 17.4 Å². The van der Waals surface area contributed by atoms with E-state index in [0.717, 1.165) is 31.7 Å². The van der Waals surface area contributed by atoms with Crippen molar-refractivity contribution < 1.29 is 4.79 Å². The van der Waals surface area contributed by atoms with Gasteiger partial charge in [-0.25, -0.2) is 0 Å². The second-order valence-electron chi connectivity index (χ2n) is 5.80. The van der Waals surface area contributed by atoms with Crippen LogP contribution in [0.3, 0.4) is 0 Å². The van der Waals surface area contributed by atoms with E-state index in [2.05, 4.69) is 12.2 Å². The smallest absolute Gasteiger partial charge is 0.233 e. The molecule has 96 valence electrons. The minimum atomic E-state index is -0.533. The lowest BCUT2D eigenvalue weighted by molar-refractivity contribution is -0.132. The molecule has 0 aromatic rings. The molecule has 2 saturated carbocycles. The standard InChI is InChI=1S/C13H22N2OS/c1-9-7-13(8-9,11(14)17)12(16)15-6-2-3-10-4-5-10/h9-10H,2-8H2,1H3,(H2,14,17)(H,15,16). The van der Waals surface area contributed by atoms with E-state index >= 15 is 0 Å². The molecular weight excluding hydrogens is 232 g/mol. The van der Waals surface area contributed by atoms with Crippen molar-refractivity contribution >= 4 is 23.1 Å². The lowest BCUT2D eigenvalue weighted by atomic mass is 9.62. The van der Waals surface area contributed by atoms with Crippen LogP contribution in [0.25, 0.3) is 0 Å². The summed E-state index contributed by atoms with van der Waals surface area (Å²) in [6.07, 6.45) is 6.72. The van der Waals surface area contributed by atoms with Crippen LogP contribution in [0.1, 0.15) is 45.4 Å². The Bertz CT molecular complexity index is 319. The SMILES string of the molecule is CC1CC(C(=O)NCCCC2CC2)(C(N)=S)C1. The zero-order valence-corrected chi connectivity index (χ0v) is 11.3. The van der Waals surface area contributed by atoms with Gasteiger partial charge >= 0.3 is 0 Å². The van der Waals surface area contributed by atoms with E-state index in [1.54, 1.807) is 0 Å². The molecule has 3 N–H and O–H groups in total. The molecule has 0 radical (unpaired) electrons. The van der Waals surface area contributed by atoms with Gasteiger partial charge in [0.2, 0.25) is 5.91 Å². The quantitative estimate of drug-likeness (QED) is 0.563. The van der Waals surface area contributed by atoms with Gasteiger partial charge in [-0.15, -0.1) is 0 Å². The largest absolute Gasteiger partial charge is 0.392 e. The molecule has 0 bridgehead atoms. The van der Waals surface area contributed by atoms with Gasteiger partial charge in [-0.3, -0.25) is 4.79 Å². The number of hydrogen-bond donors (Lipinski definition) is 2. The van der Waals surface area contributed by atoms with Crippen molar-refractivity contribution in [2.45, 2.75) is 45.4 Å². The molecule has 1 amide bonds. The molecule has 2 rings (SSSR count). The number of amides is 1. The predicted octanol–water partition coefficient (Wildman–Crippen LogP) is 2.00. The van der Waals surface area contributed by atoms with E-state index in [1.165, 1.54) is 19.3 Å². The molecule has 0 heterocycles. The first kappa shape index (κ1) is 12.8. The Hall–Kier alpha value is -0.640. The summed E-state index contributed by atoms with van der Waals surface area (Å²) in [5, 5.41) is 3.00. The van der Waals surface area contributed by atoms with Gasteiger partial charge in [-0.2, -0.15) is 0 Å². The van der Waals surface area contributed by atoms with Gasteiger partial charge in [0.05, 0.1) is 10.4 Å². The molecule has 2 aliphatic carbocycles. The third-order valence-corrected chi connectivity index (χ3v) is 4.46. The van der Waals surface area contributed by atoms with Crippen LogP contribution in [-0.2, 0) is 4.79 Å². The number of carbonyl (C=O) groups excluding carboxylic acids is 1. The highest BCUT2D eigenvalue weighted by atomic mass is 32.1. The molecule has 0 unspecified atom stereocenters. The first-order valence-corrected chi connectivity index (χ1v) is 7.03. The third-order valence-electron chi connectivity index (χ3n) is 4.07. The lowest BCUT2D eigenvalue weighted by Crippen LogP contribution is -2.56. The molecule has 0 atom stereocenters. The van der Waals surface area contributed by atoms with Crippen LogP contribution in [0, 0.1) is 17.3 Å². The van der Waals surface area contributed by atoms with E-state index in [-0.39, 0.29) is 5.91 Å². The molecule has 2 aliphatic rings. The summed E-state index contributed by atoms with van der Waals surface area (Å²) in [4.78, 5) is 12.5. The van der Waals surface area contributed by atoms with E-state index in [9.17, 15) is 4.79 Å². The predicted molar refractivity (Wildman–Crippen MR) is 72.6 cm³/mol. The summed E-state index contributed by atoms with van der Waals surface area (Å²) in [5.74, 6) is 1.55. The maximum atomic E-state index is 12.1. The first-order valence-electron chi connectivity index (χ1n) is 6.63. The van der Waals surface area contributed by atoms with Gasteiger partial charge in [0.25, 0.3) is 0 Å². The number of rotatable bonds is 6. The third kappa shape index (κ3) is 2.79. The Labute approximate surface area is 109 Å². The number of thiocarbonyl (C=S) groups is 1. The summed E-state index contributed by atoms with van der Waals surface area (Å²) >= 11 is 5.06. The van der Waals surface area contributed by atoms with Crippen LogP contribution >= 0.6 is 12.2 Å². The van der Waals surface area contributed by atoms with Crippen molar-refractivity contribution in [3.63, 3.8) is 0 Å². The fourth-order valence-corrected chi connectivity index (χ4v) is 3.06. The average molecular weight is 254 g/mol. The zero-order valence-electron chi connectivity index (χ0n) is 10.5. The van der Waals surface area contributed by atoms with Crippen molar-refractivity contribution in [3.8, 4) is 0 Å². The summed E-state index contributed by atoms with van der Waals surface area (Å²) < 4.78 is 0. The van der Waals surface area contributed by atoms with Crippen LogP contribution < -0.4 is 11.1 Å². The fourth-order valence-electron chi connectivity index (χ4n) is 2.80. The topological polar surface area (TPSA) is 55.1 Å². The molecule has 2 fully saturated rings. The second kappa shape index (κ2) is 4.92. The van der Waals surface area contributed by atoms with E-state index in [4.69, 9.17) is 18.0 Å². The number of nitrogens with one attached hydrogen (secondary N) is 1. The Morgan fingerprint density at radius 3 is 2.59 bits per heavy atom. The maximum absolute atomic E-state index is 12.1. The number of nitrogens with two attached hydrogens (primary N) is 1. The maximum Gasteiger partial charge on any atom is 0.233 e. The van der Waals surface area contributed by atoms with Crippen LogP contribution in [0.15, 0.2) is 0 Å². The highest BCUT2D eigenvalue weighted by Gasteiger charge is 2.50. The van der Waals surface area contributed by atoms with Crippen LogP contribution in [0.2, 0.25) is 0 Å². The number of carbonyl (C=O) groups is 1. The van der Waals surface area contributed by atoms with Gasteiger partial charge < -0.3 is 11.1 Å². The van der Waals surface area contributed by atoms with E-state index in [1.807, 2.05) is 0 Å². The molecule has 0 spiro atoms. The first-order chi connectivity index (χ1) is 8.04. The van der Waals surface area contributed by atoms with Gasteiger partial charge in [-0.1, -0.05) is 32.0 Å². The molecular formula is C13H22N2OS. The Balaban J connectivity index is 1.74.